The molecule has 1 fully saturated rings. The first kappa shape index (κ1) is 21.3. The summed E-state index contributed by atoms with van der Waals surface area (Å²) in [6.07, 6.45) is 1.67. The van der Waals surface area contributed by atoms with E-state index in [0.717, 1.165) is 27.8 Å². The van der Waals surface area contributed by atoms with E-state index in [1.165, 1.54) is 0 Å². The van der Waals surface area contributed by atoms with E-state index < -0.39 is 5.91 Å². The number of imide groups is 1. The molecule has 0 bridgehead atoms. The van der Waals surface area contributed by atoms with Crippen LogP contribution in [0.1, 0.15) is 21.5 Å². The summed E-state index contributed by atoms with van der Waals surface area (Å²) in [6.45, 7) is 1.80. The van der Waals surface area contributed by atoms with Gasteiger partial charge in [0.15, 0.2) is 0 Å². The average Bonchev–Trinajstić information content (AvgIpc) is 3.00. The van der Waals surface area contributed by atoms with E-state index in [4.69, 9.17) is 0 Å². The molecular formula is C22H21N3O4S. The molecule has 8 heteroatoms. The molecule has 0 radical (unpaired) electrons. The van der Waals surface area contributed by atoms with Gasteiger partial charge < -0.3 is 10.6 Å². The van der Waals surface area contributed by atoms with E-state index in [1.807, 2.05) is 49.4 Å². The first-order valence-corrected chi connectivity index (χ1v) is 10.2. The Morgan fingerprint density at radius 2 is 1.70 bits per heavy atom. The Morgan fingerprint density at radius 3 is 2.43 bits per heavy atom. The molecule has 2 aromatic carbocycles. The van der Waals surface area contributed by atoms with Gasteiger partial charge in [-0.15, -0.1) is 0 Å². The van der Waals surface area contributed by atoms with E-state index in [0.29, 0.717) is 10.5 Å². The number of rotatable bonds is 7. The van der Waals surface area contributed by atoms with E-state index in [1.54, 1.807) is 18.2 Å². The summed E-state index contributed by atoms with van der Waals surface area (Å²) in [5, 5.41) is 4.80. The second kappa shape index (κ2) is 9.89. The first-order valence-electron chi connectivity index (χ1n) is 9.36. The van der Waals surface area contributed by atoms with Crippen LogP contribution in [0.4, 0.5) is 4.79 Å². The van der Waals surface area contributed by atoms with Crippen LogP contribution in [0.25, 0.3) is 6.08 Å². The molecule has 0 unspecified atom stereocenters. The molecule has 7 nitrogen and oxygen atoms in total. The van der Waals surface area contributed by atoms with Crippen LogP contribution in [-0.2, 0) is 9.59 Å². The second-order valence-corrected chi connectivity index (χ2v) is 7.58. The Kier molecular flexibility index (Phi) is 7.03. The molecule has 2 N–H and O–H groups in total. The molecule has 0 aliphatic carbocycles. The predicted molar refractivity (Wildman–Crippen MR) is 116 cm³/mol. The Balaban J connectivity index is 1.45. The highest BCUT2D eigenvalue weighted by Gasteiger charge is 2.34. The Morgan fingerprint density at radius 1 is 1.00 bits per heavy atom. The quantitative estimate of drug-likeness (QED) is 0.668. The van der Waals surface area contributed by atoms with Crippen molar-refractivity contribution >= 4 is 40.8 Å². The van der Waals surface area contributed by atoms with Crippen molar-refractivity contribution in [1.29, 1.82) is 0 Å². The molecule has 4 amide bonds. The number of thioether (sulfide) groups is 1. The van der Waals surface area contributed by atoms with Gasteiger partial charge >= 0.3 is 0 Å². The highest BCUT2D eigenvalue weighted by Crippen LogP contribution is 2.31. The van der Waals surface area contributed by atoms with E-state index in [2.05, 4.69) is 10.6 Å². The second-order valence-electron chi connectivity index (χ2n) is 6.59. The number of nitrogens with zero attached hydrogens (tertiary/aromatic N) is 1. The van der Waals surface area contributed by atoms with Gasteiger partial charge in [-0.2, -0.15) is 0 Å². The van der Waals surface area contributed by atoms with Crippen LogP contribution in [0.2, 0.25) is 0 Å². The maximum absolute atomic E-state index is 12.4. The zero-order valence-electron chi connectivity index (χ0n) is 16.4. The topological polar surface area (TPSA) is 95.6 Å². The van der Waals surface area contributed by atoms with Crippen molar-refractivity contribution in [1.82, 2.24) is 15.5 Å². The highest BCUT2D eigenvalue weighted by atomic mass is 32.2. The van der Waals surface area contributed by atoms with Crippen molar-refractivity contribution in [3.63, 3.8) is 0 Å². The van der Waals surface area contributed by atoms with Gasteiger partial charge in [-0.3, -0.25) is 24.1 Å². The fourth-order valence-corrected chi connectivity index (χ4v) is 3.71. The minimum Gasteiger partial charge on any atom is -0.353 e. The number of nitrogens with one attached hydrogen (secondary N) is 2. The number of benzene rings is 2. The molecule has 0 saturated carbocycles. The zero-order chi connectivity index (χ0) is 21.5. The average molecular weight is 423 g/mol. The number of hydrogen-bond acceptors (Lipinski definition) is 5. The van der Waals surface area contributed by atoms with Crippen molar-refractivity contribution in [2.24, 2.45) is 0 Å². The van der Waals surface area contributed by atoms with E-state index >= 15 is 0 Å². The molecule has 1 saturated heterocycles. The lowest BCUT2D eigenvalue weighted by atomic mass is 10.1. The Bertz CT molecular complexity index is 1000. The summed E-state index contributed by atoms with van der Waals surface area (Å²) < 4.78 is 0. The van der Waals surface area contributed by atoms with Crippen LogP contribution in [-0.4, -0.2) is 47.5 Å². The maximum Gasteiger partial charge on any atom is 0.293 e. The van der Waals surface area contributed by atoms with Gasteiger partial charge in [0.1, 0.15) is 0 Å². The van der Waals surface area contributed by atoms with Gasteiger partial charge in [0.05, 0.1) is 11.4 Å². The van der Waals surface area contributed by atoms with Gasteiger partial charge in [0.2, 0.25) is 5.91 Å². The minimum atomic E-state index is -0.399. The predicted octanol–water partition coefficient (Wildman–Crippen LogP) is 2.58. The molecular weight excluding hydrogens is 402 g/mol. The molecule has 0 atom stereocenters. The van der Waals surface area contributed by atoms with Gasteiger partial charge in [-0.05, 0) is 42.0 Å². The molecule has 3 rings (SSSR count). The van der Waals surface area contributed by atoms with Crippen LogP contribution >= 0.6 is 11.8 Å². The smallest absolute Gasteiger partial charge is 0.293 e. The van der Waals surface area contributed by atoms with E-state index in [9.17, 15) is 19.2 Å². The lowest BCUT2D eigenvalue weighted by Crippen LogP contribution is -2.41. The fourth-order valence-electron chi connectivity index (χ4n) is 2.85. The van der Waals surface area contributed by atoms with Crippen molar-refractivity contribution in [3.8, 4) is 0 Å². The van der Waals surface area contributed by atoms with Crippen LogP contribution in [0.3, 0.4) is 0 Å². The van der Waals surface area contributed by atoms with E-state index in [-0.39, 0.29) is 36.7 Å². The van der Waals surface area contributed by atoms with Gasteiger partial charge in [-0.1, -0.05) is 48.5 Å². The zero-order valence-corrected chi connectivity index (χ0v) is 17.2. The third kappa shape index (κ3) is 5.36. The van der Waals surface area contributed by atoms with Crippen molar-refractivity contribution < 1.29 is 19.2 Å². The Labute approximate surface area is 178 Å². The number of carbonyl (C=O) groups excluding carboxylic acids is 4. The van der Waals surface area contributed by atoms with Crippen LogP contribution in [0.15, 0.2) is 59.5 Å². The molecule has 154 valence electrons. The number of aryl methyl sites for hydroxylation is 1. The Hall–Kier alpha value is -3.39. The highest BCUT2D eigenvalue weighted by molar-refractivity contribution is 8.18. The molecule has 0 aromatic heterocycles. The molecule has 0 spiro atoms. The first-order chi connectivity index (χ1) is 14.5. The van der Waals surface area contributed by atoms with Crippen LogP contribution in [0.5, 0.6) is 0 Å². The van der Waals surface area contributed by atoms with Crippen molar-refractivity contribution in [2.45, 2.75) is 6.92 Å². The molecule has 1 aliphatic rings. The summed E-state index contributed by atoms with van der Waals surface area (Å²) >= 11 is 0.877. The van der Waals surface area contributed by atoms with Gasteiger partial charge in [-0.25, -0.2) is 0 Å². The lowest BCUT2D eigenvalue weighted by molar-refractivity contribution is -0.124. The number of amides is 4. The van der Waals surface area contributed by atoms with Gasteiger partial charge in [0.25, 0.3) is 17.1 Å². The summed E-state index contributed by atoms with van der Waals surface area (Å²) in [4.78, 5) is 50.1. The normalized spacial score (nSPS) is 14.8. The number of carbonyl (C=O) groups is 4. The molecule has 2 aromatic rings. The summed E-state index contributed by atoms with van der Waals surface area (Å²) in [6, 6.07) is 16.4. The molecule has 30 heavy (non-hydrogen) atoms. The largest absolute Gasteiger partial charge is 0.353 e. The van der Waals surface area contributed by atoms with Gasteiger partial charge in [0, 0.05) is 18.7 Å². The fraction of sp³-hybridized carbons (Fsp3) is 0.182. The lowest BCUT2D eigenvalue weighted by Gasteiger charge is -2.13. The third-order valence-electron chi connectivity index (χ3n) is 4.43. The van der Waals surface area contributed by atoms with Crippen LogP contribution < -0.4 is 10.6 Å². The summed E-state index contributed by atoms with van der Waals surface area (Å²) in [7, 11) is 0. The molecule has 1 aliphatic heterocycles. The van der Waals surface area contributed by atoms with Crippen molar-refractivity contribution in [2.75, 3.05) is 19.6 Å². The van der Waals surface area contributed by atoms with Crippen molar-refractivity contribution in [3.05, 3.63) is 76.2 Å². The maximum atomic E-state index is 12.4. The van der Waals surface area contributed by atoms with Crippen LogP contribution in [0, 0.1) is 6.92 Å². The minimum absolute atomic E-state index is 0.0638. The summed E-state index contributed by atoms with van der Waals surface area (Å²) in [5.41, 5.74) is 2.16. The summed E-state index contributed by atoms with van der Waals surface area (Å²) in [5.74, 6) is -1.11. The third-order valence-corrected chi connectivity index (χ3v) is 5.34. The standard InChI is InChI=1S/C22H21N3O4S/c1-15-7-5-6-10-17(15)20(27)24-14-19(26)23-11-12-25-21(28)18(30-22(25)29)13-16-8-3-2-4-9-16/h2-10,13H,11-12,14H2,1H3,(H,23,26)(H,24,27). The molecule has 1 heterocycles. The number of hydrogen-bond donors (Lipinski definition) is 2. The SMILES string of the molecule is Cc1ccccc1C(=O)NCC(=O)NCCN1C(=O)SC(=Cc2ccccc2)C1=O. The monoisotopic (exact) mass is 423 g/mol.